The van der Waals surface area contributed by atoms with Crippen LogP contribution in [0, 0.1) is 5.41 Å². The number of aliphatic hydroxyl groups is 1. The van der Waals surface area contributed by atoms with E-state index in [1.165, 1.54) is 0 Å². The molecule has 0 heterocycles. The van der Waals surface area contributed by atoms with E-state index in [1.807, 2.05) is 72.8 Å². The van der Waals surface area contributed by atoms with Gasteiger partial charge in [-0.2, -0.15) is 0 Å². The van der Waals surface area contributed by atoms with Crippen molar-refractivity contribution >= 4 is 22.3 Å². The van der Waals surface area contributed by atoms with Gasteiger partial charge in [-0.3, -0.25) is 4.79 Å². The fourth-order valence-corrected chi connectivity index (χ4v) is 3.93. The van der Waals surface area contributed by atoms with E-state index in [4.69, 9.17) is 5.41 Å². The van der Waals surface area contributed by atoms with Crippen molar-refractivity contribution < 1.29 is 9.90 Å². The molecule has 1 fully saturated rings. The molecule has 0 amide bonds. The molecule has 3 nitrogen and oxygen atoms in total. The van der Waals surface area contributed by atoms with Gasteiger partial charge in [0.05, 0.1) is 5.57 Å². The highest BCUT2D eigenvalue weighted by atomic mass is 16.3. The molecule has 134 valence electrons. The monoisotopic (exact) mass is 355 g/mol. The van der Waals surface area contributed by atoms with Crippen LogP contribution in [0.25, 0.3) is 10.8 Å². The van der Waals surface area contributed by atoms with E-state index in [0.717, 1.165) is 21.9 Å². The average molecular weight is 355 g/mol. The first-order valence-corrected chi connectivity index (χ1v) is 9.18. The second-order valence-electron chi connectivity index (χ2n) is 7.05. The van der Waals surface area contributed by atoms with Crippen LogP contribution in [-0.4, -0.2) is 16.6 Å². The summed E-state index contributed by atoms with van der Waals surface area (Å²) in [6.07, 6.45) is 1.08. The summed E-state index contributed by atoms with van der Waals surface area (Å²) in [6.45, 7) is 0. The van der Waals surface area contributed by atoms with Crippen LogP contribution in [0.2, 0.25) is 0 Å². The van der Waals surface area contributed by atoms with Gasteiger partial charge in [-0.15, -0.1) is 0 Å². The molecule has 0 saturated heterocycles. The fraction of sp³-hybridized carbons (Fsp3) is 0.167. The molecule has 1 atom stereocenters. The van der Waals surface area contributed by atoms with E-state index in [9.17, 15) is 9.90 Å². The van der Waals surface area contributed by atoms with Gasteiger partial charge in [0.15, 0.2) is 5.78 Å². The van der Waals surface area contributed by atoms with Crippen LogP contribution in [0.1, 0.15) is 29.9 Å². The maximum absolute atomic E-state index is 12.7. The van der Waals surface area contributed by atoms with E-state index in [2.05, 4.69) is 0 Å². The SMILES string of the molecule is N=C1CC(c2ccccc2)CC(=O)C1=C(O)Cc1cccc2ccccc12. The van der Waals surface area contributed by atoms with Gasteiger partial charge >= 0.3 is 0 Å². The first-order chi connectivity index (χ1) is 13.1. The maximum atomic E-state index is 12.7. The van der Waals surface area contributed by atoms with Crippen molar-refractivity contribution in [3.8, 4) is 0 Å². The lowest BCUT2D eigenvalue weighted by atomic mass is 9.78. The zero-order valence-electron chi connectivity index (χ0n) is 15.0. The zero-order chi connectivity index (χ0) is 18.8. The van der Waals surface area contributed by atoms with Crippen LogP contribution in [0.4, 0.5) is 0 Å². The van der Waals surface area contributed by atoms with Gasteiger partial charge < -0.3 is 10.5 Å². The molecule has 1 unspecified atom stereocenters. The smallest absolute Gasteiger partial charge is 0.168 e. The molecule has 1 aliphatic carbocycles. The Bertz CT molecular complexity index is 1020. The number of fused-ring (bicyclic) bond motifs is 1. The van der Waals surface area contributed by atoms with Crippen molar-refractivity contribution in [3.63, 3.8) is 0 Å². The summed E-state index contributed by atoms with van der Waals surface area (Å²) >= 11 is 0. The summed E-state index contributed by atoms with van der Waals surface area (Å²) in [4.78, 5) is 12.7. The van der Waals surface area contributed by atoms with Gasteiger partial charge in [0.25, 0.3) is 0 Å². The number of allylic oxidation sites excluding steroid dienone is 2. The van der Waals surface area contributed by atoms with Crippen LogP contribution in [0.15, 0.2) is 84.1 Å². The lowest BCUT2D eigenvalue weighted by Crippen LogP contribution is -2.26. The minimum Gasteiger partial charge on any atom is -0.511 e. The molecule has 4 rings (SSSR count). The number of aliphatic hydroxyl groups excluding tert-OH is 1. The van der Waals surface area contributed by atoms with E-state index < -0.39 is 0 Å². The molecular weight excluding hydrogens is 334 g/mol. The molecule has 3 aromatic rings. The third-order valence-electron chi connectivity index (χ3n) is 5.26. The summed E-state index contributed by atoms with van der Waals surface area (Å²) < 4.78 is 0. The largest absolute Gasteiger partial charge is 0.511 e. The molecule has 3 heteroatoms. The summed E-state index contributed by atoms with van der Waals surface area (Å²) in [6, 6.07) is 23.8. The van der Waals surface area contributed by atoms with Gasteiger partial charge in [0.2, 0.25) is 0 Å². The Balaban J connectivity index is 1.63. The van der Waals surface area contributed by atoms with E-state index in [1.54, 1.807) is 0 Å². The Kier molecular flexibility index (Phi) is 4.59. The molecule has 3 aromatic carbocycles. The minimum absolute atomic E-state index is 0.00728. The lowest BCUT2D eigenvalue weighted by molar-refractivity contribution is -0.115. The second-order valence-corrected chi connectivity index (χ2v) is 7.05. The van der Waals surface area contributed by atoms with E-state index in [-0.39, 0.29) is 35.2 Å². The number of benzene rings is 3. The predicted molar refractivity (Wildman–Crippen MR) is 108 cm³/mol. The molecule has 1 aliphatic rings. The quantitative estimate of drug-likeness (QED) is 0.491. The van der Waals surface area contributed by atoms with Gasteiger partial charge in [-0.25, -0.2) is 0 Å². The third kappa shape index (κ3) is 3.41. The number of carbonyl (C=O) groups excluding carboxylic acids is 1. The molecule has 27 heavy (non-hydrogen) atoms. The molecular formula is C24H21NO2. The summed E-state index contributed by atoms with van der Waals surface area (Å²) in [5.74, 6) is -0.119. The highest BCUT2D eigenvalue weighted by Gasteiger charge is 2.31. The Labute approximate surface area is 158 Å². The molecule has 0 radical (unpaired) electrons. The molecule has 1 saturated carbocycles. The number of rotatable bonds is 3. The Hall–Kier alpha value is -3.20. The number of Topliss-reactive ketones (excluding diaryl/α,β-unsaturated/α-hetero) is 1. The topological polar surface area (TPSA) is 61.2 Å². The van der Waals surface area contributed by atoms with E-state index >= 15 is 0 Å². The van der Waals surface area contributed by atoms with E-state index in [0.29, 0.717) is 12.8 Å². The van der Waals surface area contributed by atoms with Crippen molar-refractivity contribution in [1.82, 2.24) is 0 Å². The van der Waals surface area contributed by atoms with Crippen molar-refractivity contribution in [2.24, 2.45) is 0 Å². The highest BCUT2D eigenvalue weighted by molar-refractivity contribution is 6.23. The summed E-state index contributed by atoms with van der Waals surface area (Å²) in [5.41, 5.74) is 2.47. The number of ketones is 1. The summed E-state index contributed by atoms with van der Waals surface area (Å²) in [5, 5.41) is 21.2. The number of hydrogen-bond donors (Lipinski definition) is 2. The molecule has 0 aliphatic heterocycles. The van der Waals surface area contributed by atoms with Crippen LogP contribution < -0.4 is 0 Å². The van der Waals surface area contributed by atoms with Crippen LogP contribution in [0.3, 0.4) is 0 Å². The van der Waals surface area contributed by atoms with Crippen molar-refractivity contribution in [2.75, 3.05) is 0 Å². The standard InChI is InChI=1S/C24H21NO2/c25-21-13-19(16-7-2-1-3-8-16)15-23(27)24(21)22(26)14-18-11-6-10-17-9-4-5-12-20(17)18/h1-12,19,25-26H,13-15H2. The van der Waals surface area contributed by atoms with Crippen molar-refractivity contribution in [1.29, 1.82) is 5.41 Å². The van der Waals surface area contributed by atoms with Crippen LogP contribution in [-0.2, 0) is 11.2 Å². The van der Waals surface area contributed by atoms with Crippen molar-refractivity contribution in [3.05, 3.63) is 95.3 Å². The minimum atomic E-state index is -0.141. The third-order valence-corrected chi connectivity index (χ3v) is 5.26. The molecule has 0 bridgehead atoms. The predicted octanol–water partition coefficient (Wildman–Crippen LogP) is 5.36. The molecule has 0 aromatic heterocycles. The summed E-state index contributed by atoms with van der Waals surface area (Å²) in [7, 11) is 0. The van der Waals surface area contributed by atoms with Gasteiger partial charge in [0.1, 0.15) is 5.76 Å². The zero-order valence-corrected chi connectivity index (χ0v) is 15.0. The number of nitrogens with one attached hydrogen (secondary N) is 1. The second kappa shape index (κ2) is 7.20. The lowest BCUT2D eigenvalue weighted by Gasteiger charge is -2.25. The van der Waals surface area contributed by atoms with Crippen LogP contribution >= 0.6 is 0 Å². The fourth-order valence-electron chi connectivity index (χ4n) is 3.93. The average Bonchev–Trinajstić information content (AvgIpc) is 2.68. The highest BCUT2D eigenvalue weighted by Crippen LogP contribution is 2.33. The molecule has 2 N–H and O–H groups in total. The number of carbonyl (C=O) groups is 1. The first-order valence-electron chi connectivity index (χ1n) is 9.18. The van der Waals surface area contributed by atoms with Crippen LogP contribution in [0.5, 0.6) is 0 Å². The Morgan fingerprint density at radius 2 is 1.63 bits per heavy atom. The maximum Gasteiger partial charge on any atom is 0.168 e. The van der Waals surface area contributed by atoms with Gasteiger partial charge in [-0.05, 0) is 34.2 Å². The Morgan fingerprint density at radius 1 is 0.926 bits per heavy atom. The Morgan fingerprint density at radius 3 is 2.41 bits per heavy atom. The normalized spacial score (nSPS) is 19.3. The van der Waals surface area contributed by atoms with Gasteiger partial charge in [0, 0.05) is 18.6 Å². The first kappa shape index (κ1) is 17.2. The molecule has 0 spiro atoms. The number of hydrogen-bond acceptors (Lipinski definition) is 3. The van der Waals surface area contributed by atoms with Crippen molar-refractivity contribution in [2.45, 2.75) is 25.2 Å². The van der Waals surface area contributed by atoms with Gasteiger partial charge in [-0.1, -0.05) is 72.8 Å².